The first-order valence-corrected chi connectivity index (χ1v) is 10.9. The molecule has 3 rings (SSSR count). The van der Waals surface area contributed by atoms with Gasteiger partial charge in [-0.1, -0.05) is 51.9 Å². The Morgan fingerprint density at radius 3 is 2.36 bits per heavy atom. The number of ether oxygens (including phenoxy) is 1. The second-order valence-corrected chi connectivity index (χ2v) is 8.73. The van der Waals surface area contributed by atoms with Crippen molar-refractivity contribution in [3.05, 3.63) is 29.1 Å². The molecule has 0 aliphatic heterocycles. The van der Waals surface area contributed by atoms with E-state index in [0.29, 0.717) is 18.3 Å². The lowest BCUT2D eigenvalue weighted by Crippen LogP contribution is -2.27. The summed E-state index contributed by atoms with van der Waals surface area (Å²) in [6, 6.07) is 2.52. The number of fused-ring (bicyclic) bond motifs is 1. The number of alkyl halides is 3. The molecule has 5 heteroatoms. The normalized spacial score (nSPS) is 25.4. The zero-order valence-corrected chi connectivity index (χ0v) is 16.8. The average Bonchev–Trinajstić information content (AvgIpc) is 2.65. The van der Waals surface area contributed by atoms with Crippen molar-refractivity contribution in [1.29, 1.82) is 0 Å². The molecule has 1 aromatic carbocycles. The SMILES string of the molecule is CCCCCCC1CCC(C2CCc3cc(OC(F)(F)F)c(F)cc3C2)CC1. The van der Waals surface area contributed by atoms with Crippen molar-refractivity contribution in [2.45, 2.75) is 90.3 Å². The lowest BCUT2D eigenvalue weighted by Gasteiger charge is -2.36. The van der Waals surface area contributed by atoms with Gasteiger partial charge in [0.15, 0.2) is 11.6 Å². The van der Waals surface area contributed by atoms with Crippen LogP contribution in [0, 0.1) is 23.6 Å². The van der Waals surface area contributed by atoms with Crippen LogP contribution < -0.4 is 4.74 Å². The molecule has 158 valence electrons. The smallest absolute Gasteiger partial charge is 0.403 e. The summed E-state index contributed by atoms with van der Waals surface area (Å²) in [6.45, 7) is 2.24. The summed E-state index contributed by atoms with van der Waals surface area (Å²) in [7, 11) is 0. The second-order valence-electron chi connectivity index (χ2n) is 8.73. The highest BCUT2D eigenvalue weighted by Gasteiger charge is 2.34. The van der Waals surface area contributed by atoms with E-state index in [0.717, 1.165) is 29.9 Å². The summed E-state index contributed by atoms with van der Waals surface area (Å²) in [5.41, 5.74) is 1.67. The van der Waals surface area contributed by atoms with E-state index >= 15 is 0 Å². The molecule has 1 unspecified atom stereocenters. The van der Waals surface area contributed by atoms with Crippen LogP contribution in [0.25, 0.3) is 0 Å². The van der Waals surface area contributed by atoms with Crippen LogP contribution in [0.3, 0.4) is 0 Å². The fourth-order valence-corrected chi connectivity index (χ4v) is 5.20. The monoisotopic (exact) mass is 400 g/mol. The highest BCUT2D eigenvalue weighted by molar-refractivity contribution is 5.39. The number of rotatable bonds is 7. The Labute approximate surface area is 165 Å². The molecule has 0 saturated heterocycles. The molecule has 28 heavy (non-hydrogen) atoms. The van der Waals surface area contributed by atoms with Crippen molar-refractivity contribution in [1.82, 2.24) is 0 Å². The number of aryl methyl sites for hydroxylation is 1. The van der Waals surface area contributed by atoms with Crippen molar-refractivity contribution >= 4 is 0 Å². The molecule has 0 amide bonds. The zero-order chi connectivity index (χ0) is 20.1. The third kappa shape index (κ3) is 5.87. The van der Waals surface area contributed by atoms with E-state index in [1.54, 1.807) is 0 Å². The number of hydrogen-bond donors (Lipinski definition) is 0. The molecule has 1 atom stereocenters. The van der Waals surface area contributed by atoms with Gasteiger partial charge in [0.25, 0.3) is 0 Å². The highest BCUT2D eigenvalue weighted by Crippen LogP contribution is 2.42. The number of halogens is 4. The standard InChI is InChI=1S/C23H32F4O/c1-2-3-4-5-6-16-7-9-17(10-8-16)18-11-12-19-15-22(28-23(25,26)27)21(24)14-20(19)13-18/h14-18H,2-13H2,1H3. The zero-order valence-electron chi connectivity index (χ0n) is 16.8. The molecule has 0 N–H and O–H groups in total. The van der Waals surface area contributed by atoms with E-state index in [-0.39, 0.29) is 0 Å². The van der Waals surface area contributed by atoms with Crippen LogP contribution >= 0.6 is 0 Å². The molecule has 0 aromatic heterocycles. The molecular formula is C23H32F4O. The van der Waals surface area contributed by atoms with Gasteiger partial charge < -0.3 is 4.74 Å². The van der Waals surface area contributed by atoms with Crippen LogP contribution in [0.4, 0.5) is 17.6 Å². The van der Waals surface area contributed by atoms with Gasteiger partial charge in [-0.25, -0.2) is 4.39 Å². The van der Waals surface area contributed by atoms with E-state index in [1.807, 2.05) is 0 Å². The first-order valence-electron chi connectivity index (χ1n) is 10.9. The summed E-state index contributed by atoms with van der Waals surface area (Å²) in [5, 5.41) is 0. The largest absolute Gasteiger partial charge is 0.573 e. The van der Waals surface area contributed by atoms with E-state index in [9.17, 15) is 17.6 Å². The minimum atomic E-state index is -4.86. The molecule has 1 saturated carbocycles. The fourth-order valence-electron chi connectivity index (χ4n) is 5.20. The summed E-state index contributed by atoms with van der Waals surface area (Å²) < 4.78 is 55.2. The van der Waals surface area contributed by atoms with Gasteiger partial charge in [-0.05, 0) is 73.1 Å². The lowest BCUT2D eigenvalue weighted by atomic mass is 9.69. The van der Waals surface area contributed by atoms with Gasteiger partial charge in [-0.15, -0.1) is 13.2 Å². The average molecular weight is 401 g/mol. The van der Waals surface area contributed by atoms with Crippen molar-refractivity contribution in [2.24, 2.45) is 17.8 Å². The minimum Gasteiger partial charge on any atom is -0.403 e. The van der Waals surface area contributed by atoms with Crippen molar-refractivity contribution in [3.8, 4) is 5.75 Å². The molecular weight excluding hydrogens is 368 g/mol. The molecule has 2 aliphatic carbocycles. The summed E-state index contributed by atoms with van der Waals surface area (Å²) in [6.07, 6.45) is 9.37. The van der Waals surface area contributed by atoms with Gasteiger partial charge in [0.1, 0.15) is 0 Å². The Kier molecular flexibility index (Phi) is 7.27. The lowest BCUT2D eigenvalue weighted by molar-refractivity contribution is -0.275. The van der Waals surface area contributed by atoms with Crippen molar-refractivity contribution in [2.75, 3.05) is 0 Å². The second kappa shape index (κ2) is 9.49. The van der Waals surface area contributed by atoms with Gasteiger partial charge >= 0.3 is 6.36 Å². The topological polar surface area (TPSA) is 9.23 Å². The van der Waals surface area contributed by atoms with Crippen LogP contribution in [0.15, 0.2) is 12.1 Å². The molecule has 1 fully saturated rings. The summed E-state index contributed by atoms with van der Waals surface area (Å²) in [4.78, 5) is 0. The fraction of sp³-hybridized carbons (Fsp3) is 0.739. The maximum atomic E-state index is 14.1. The third-order valence-electron chi connectivity index (χ3n) is 6.77. The van der Waals surface area contributed by atoms with E-state index < -0.39 is 17.9 Å². The van der Waals surface area contributed by atoms with Gasteiger partial charge in [0, 0.05) is 0 Å². The van der Waals surface area contributed by atoms with E-state index in [1.165, 1.54) is 69.9 Å². The van der Waals surface area contributed by atoms with Crippen molar-refractivity contribution in [3.63, 3.8) is 0 Å². The Morgan fingerprint density at radius 1 is 0.929 bits per heavy atom. The van der Waals surface area contributed by atoms with E-state index in [4.69, 9.17) is 0 Å². The predicted molar refractivity (Wildman–Crippen MR) is 103 cm³/mol. The molecule has 0 heterocycles. The molecule has 1 nitrogen and oxygen atoms in total. The Bertz CT molecular complexity index is 632. The Morgan fingerprint density at radius 2 is 1.68 bits per heavy atom. The van der Waals surface area contributed by atoms with Gasteiger partial charge in [-0.2, -0.15) is 0 Å². The quantitative estimate of drug-likeness (QED) is 0.338. The van der Waals surface area contributed by atoms with Gasteiger partial charge in [0.2, 0.25) is 0 Å². The molecule has 1 aromatic rings. The number of hydrogen-bond acceptors (Lipinski definition) is 1. The molecule has 0 bridgehead atoms. The van der Waals surface area contributed by atoms with Crippen LogP contribution in [-0.2, 0) is 12.8 Å². The Hall–Kier alpha value is -1.26. The predicted octanol–water partition coefficient (Wildman–Crippen LogP) is 7.61. The van der Waals surface area contributed by atoms with Crippen LogP contribution in [0.2, 0.25) is 0 Å². The number of benzene rings is 1. The van der Waals surface area contributed by atoms with Crippen LogP contribution in [0.5, 0.6) is 5.75 Å². The first kappa shape index (κ1) is 21.4. The van der Waals surface area contributed by atoms with Crippen LogP contribution in [-0.4, -0.2) is 6.36 Å². The summed E-state index contributed by atoms with van der Waals surface area (Å²) >= 11 is 0. The van der Waals surface area contributed by atoms with Crippen LogP contribution in [0.1, 0.15) is 82.3 Å². The first-order chi connectivity index (χ1) is 13.4. The minimum absolute atomic E-state index is 0.530. The Balaban J connectivity index is 1.52. The van der Waals surface area contributed by atoms with Gasteiger partial charge in [-0.3, -0.25) is 0 Å². The summed E-state index contributed by atoms with van der Waals surface area (Å²) in [5.74, 6) is 0.459. The molecule has 0 spiro atoms. The molecule has 0 radical (unpaired) electrons. The van der Waals surface area contributed by atoms with E-state index in [2.05, 4.69) is 11.7 Å². The molecule has 2 aliphatic rings. The maximum Gasteiger partial charge on any atom is 0.573 e. The number of unbranched alkanes of at least 4 members (excludes halogenated alkanes) is 3. The highest BCUT2D eigenvalue weighted by atomic mass is 19.4. The van der Waals surface area contributed by atoms with Gasteiger partial charge in [0.05, 0.1) is 0 Å². The maximum absolute atomic E-state index is 14.1. The van der Waals surface area contributed by atoms with Crippen molar-refractivity contribution < 1.29 is 22.3 Å². The third-order valence-corrected chi connectivity index (χ3v) is 6.77.